The zero-order valence-electron chi connectivity index (χ0n) is 18.6. The van der Waals surface area contributed by atoms with Crippen LogP contribution < -0.4 is 5.32 Å². The molecule has 0 atom stereocenters. The zero-order valence-corrected chi connectivity index (χ0v) is 18.6. The van der Waals surface area contributed by atoms with Gasteiger partial charge in [-0.2, -0.15) is 5.10 Å². The maximum Gasteiger partial charge on any atom is 0.224 e. The third-order valence-corrected chi connectivity index (χ3v) is 5.57. The van der Waals surface area contributed by atoms with Gasteiger partial charge in [0.1, 0.15) is 0 Å². The number of aromatic nitrogens is 2. The fourth-order valence-electron chi connectivity index (χ4n) is 3.99. The summed E-state index contributed by atoms with van der Waals surface area (Å²) < 4.78 is 2.03. The molecule has 0 aliphatic carbocycles. The first kappa shape index (κ1) is 21.8. The molecule has 0 fully saturated rings. The quantitative estimate of drug-likeness (QED) is 0.544. The summed E-state index contributed by atoms with van der Waals surface area (Å²) >= 11 is 0. The fourth-order valence-corrected chi connectivity index (χ4v) is 3.99. The van der Waals surface area contributed by atoms with Crippen molar-refractivity contribution in [3.63, 3.8) is 0 Å². The molecule has 1 N–H and O–H groups in total. The number of hydrogen-bond donors (Lipinski definition) is 1. The first-order chi connectivity index (χ1) is 14.5. The summed E-state index contributed by atoms with van der Waals surface area (Å²) in [5, 5.41) is 7.76. The van der Waals surface area contributed by atoms with E-state index >= 15 is 0 Å². The van der Waals surface area contributed by atoms with Gasteiger partial charge in [0.05, 0.1) is 12.1 Å². The number of rotatable bonds is 9. The number of carbonyl (C=O) groups excluding carboxylic acids is 1. The number of benzene rings is 2. The van der Waals surface area contributed by atoms with E-state index in [1.165, 1.54) is 11.1 Å². The molecular weight excluding hydrogens is 370 g/mol. The molecule has 1 heterocycles. The van der Waals surface area contributed by atoms with Crippen LogP contribution in [0.2, 0.25) is 0 Å². The topological polar surface area (TPSA) is 46.9 Å². The van der Waals surface area contributed by atoms with Gasteiger partial charge in [-0.3, -0.25) is 9.48 Å². The third kappa shape index (κ3) is 5.59. The lowest BCUT2D eigenvalue weighted by Gasteiger charge is -2.18. The van der Waals surface area contributed by atoms with Crippen molar-refractivity contribution in [2.75, 3.05) is 6.54 Å². The van der Waals surface area contributed by atoms with Crippen molar-refractivity contribution < 1.29 is 4.79 Å². The van der Waals surface area contributed by atoms with Gasteiger partial charge in [-0.25, -0.2) is 0 Å². The maximum atomic E-state index is 12.7. The number of aryl methyl sites for hydroxylation is 1. The fraction of sp³-hybridized carbons (Fsp3) is 0.385. The Morgan fingerprint density at radius 1 is 0.967 bits per heavy atom. The van der Waals surface area contributed by atoms with E-state index in [1.54, 1.807) is 0 Å². The van der Waals surface area contributed by atoms with Gasteiger partial charge >= 0.3 is 0 Å². The van der Waals surface area contributed by atoms with Gasteiger partial charge in [0.2, 0.25) is 5.91 Å². The van der Waals surface area contributed by atoms with E-state index in [0.29, 0.717) is 18.9 Å². The molecule has 158 valence electrons. The SMILES string of the molecule is Cc1nn(CC(C)C)c(C)c1CC(=O)NCCC(c1ccccc1)c1ccccc1. The summed E-state index contributed by atoms with van der Waals surface area (Å²) in [6.07, 6.45) is 1.25. The Kier molecular flexibility index (Phi) is 7.45. The first-order valence-corrected chi connectivity index (χ1v) is 10.8. The zero-order chi connectivity index (χ0) is 21.5. The van der Waals surface area contributed by atoms with E-state index in [9.17, 15) is 4.79 Å². The van der Waals surface area contributed by atoms with Crippen LogP contribution in [0, 0.1) is 19.8 Å². The normalized spacial score (nSPS) is 11.3. The second-order valence-electron chi connectivity index (χ2n) is 8.41. The molecule has 1 amide bonds. The average Bonchev–Trinajstić information content (AvgIpc) is 2.99. The molecule has 3 aromatic rings. The van der Waals surface area contributed by atoms with Crippen molar-refractivity contribution in [3.05, 3.63) is 88.7 Å². The lowest BCUT2D eigenvalue weighted by Crippen LogP contribution is -2.27. The molecule has 0 bridgehead atoms. The minimum atomic E-state index is 0.0603. The van der Waals surface area contributed by atoms with Crippen LogP contribution in [0.15, 0.2) is 60.7 Å². The Labute approximate surface area is 180 Å². The largest absolute Gasteiger partial charge is 0.356 e. The Morgan fingerprint density at radius 2 is 1.53 bits per heavy atom. The van der Waals surface area contributed by atoms with Gasteiger partial charge in [0.15, 0.2) is 0 Å². The summed E-state index contributed by atoms with van der Waals surface area (Å²) in [6, 6.07) is 21.0. The monoisotopic (exact) mass is 403 g/mol. The van der Waals surface area contributed by atoms with Crippen molar-refractivity contribution in [2.24, 2.45) is 5.92 Å². The lowest BCUT2D eigenvalue weighted by molar-refractivity contribution is -0.120. The summed E-state index contributed by atoms with van der Waals surface area (Å²) in [6.45, 7) is 9.94. The molecule has 30 heavy (non-hydrogen) atoms. The van der Waals surface area contributed by atoms with Crippen LogP contribution in [0.4, 0.5) is 0 Å². The van der Waals surface area contributed by atoms with Gasteiger partial charge in [-0.05, 0) is 37.3 Å². The Hall–Kier alpha value is -2.88. The second kappa shape index (κ2) is 10.2. The molecule has 2 aromatic carbocycles. The van der Waals surface area contributed by atoms with E-state index in [1.807, 2.05) is 23.7 Å². The van der Waals surface area contributed by atoms with Crippen LogP contribution in [0.25, 0.3) is 0 Å². The van der Waals surface area contributed by atoms with Crippen LogP contribution in [-0.4, -0.2) is 22.2 Å². The molecule has 1 aromatic heterocycles. The molecule has 0 saturated carbocycles. The van der Waals surface area contributed by atoms with Crippen molar-refractivity contribution in [1.29, 1.82) is 0 Å². The van der Waals surface area contributed by atoms with Gasteiger partial charge in [-0.1, -0.05) is 74.5 Å². The molecule has 0 aliphatic heterocycles. The van der Waals surface area contributed by atoms with Gasteiger partial charge in [0, 0.05) is 30.3 Å². The number of hydrogen-bond acceptors (Lipinski definition) is 2. The summed E-state index contributed by atoms with van der Waals surface area (Å²) in [7, 11) is 0. The van der Waals surface area contributed by atoms with Crippen LogP contribution in [0.5, 0.6) is 0 Å². The van der Waals surface area contributed by atoms with Crippen LogP contribution in [0.3, 0.4) is 0 Å². The molecule has 0 aliphatic rings. The van der Waals surface area contributed by atoms with Crippen molar-refractivity contribution in [2.45, 2.75) is 53.0 Å². The van der Waals surface area contributed by atoms with Gasteiger partial charge in [0.25, 0.3) is 0 Å². The summed E-state index contributed by atoms with van der Waals surface area (Å²) in [5.74, 6) is 0.854. The van der Waals surface area contributed by atoms with Gasteiger partial charge in [-0.15, -0.1) is 0 Å². The Morgan fingerprint density at radius 3 is 2.07 bits per heavy atom. The first-order valence-electron chi connectivity index (χ1n) is 10.8. The van der Waals surface area contributed by atoms with Crippen molar-refractivity contribution in [3.8, 4) is 0 Å². The Balaban J connectivity index is 1.62. The van der Waals surface area contributed by atoms with E-state index < -0.39 is 0 Å². The average molecular weight is 404 g/mol. The van der Waals surface area contributed by atoms with E-state index in [4.69, 9.17) is 0 Å². The highest BCUT2D eigenvalue weighted by molar-refractivity contribution is 5.79. The molecule has 4 nitrogen and oxygen atoms in total. The minimum absolute atomic E-state index is 0.0603. The number of nitrogens with one attached hydrogen (secondary N) is 1. The predicted molar refractivity (Wildman–Crippen MR) is 123 cm³/mol. The summed E-state index contributed by atoms with van der Waals surface area (Å²) in [4.78, 5) is 12.7. The van der Waals surface area contributed by atoms with Crippen molar-refractivity contribution >= 4 is 5.91 Å². The lowest BCUT2D eigenvalue weighted by atomic mass is 9.88. The van der Waals surface area contributed by atoms with Crippen LogP contribution in [0.1, 0.15) is 54.3 Å². The second-order valence-corrected chi connectivity index (χ2v) is 8.41. The van der Waals surface area contributed by atoms with E-state index in [0.717, 1.165) is 29.9 Å². The highest BCUT2D eigenvalue weighted by atomic mass is 16.1. The minimum Gasteiger partial charge on any atom is -0.356 e. The molecule has 0 saturated heterocycles. The molecule has 3 rings (SSSR count). The number of carbonyl (C=O) groups is 1. The Bertz CT molecular complexity index is 906. The van der Waals surface area contributed by atoms with Gasteiger partial charge < -0.3 is 5.32 Å². The molecule has 0 radical (unpaired) electrons. The maximum absolute atomic E-state index is 12.7. The third-order valence-electron chi connectivity index (χ3n) is 5.57. The van der Waals surface area contributed by atoms with E-state index in [-0.39, 0.29) is 11.8 Å². The van der Waals surface area contributed by atoms with Crippen LogP contribution >= 0.6 is 0 Å². The molecular formula is C26H33N3O. The molecule has 4 heteroatoms. The molecule has 0 unspecified atom stereocenters. The highest BCUT2D eigenvalue weighted by Gasteiger charge is 2.17. The molecule has 0 spiro atoms. The van der Waals surface area contributed by atoms with Crippen LogP contribution in [-0.2, 0) is 17.8 Å². The number of nitrogens with zero attached hydrogens (tertiary/aromatic N) is 2. The standard InChI is InChI=1S/C26H33N3O/c1-19(2)18-29-21(4)25(20(3)28-29)17-26(30)27-16-15-24(22-11-7-5-8-12-22)23-13-9-6-10-14-23/h5-14,19,24H,15-18H2,1-4H3,(H,27,30). The number of amides is 1. The van der Waals surface area contributed by atoms with Crippen molar-refractivity contribution in [1.82, 2.24) is 15.1 Å². The predicted octanol–water partition coefficient (Wildman–Crippen LogP) is 5.04. The smallest absolute Gasteiger partial charge is 0.224 e. The van der Waals surface area contributed by atoms with E-state index in [2.05, 4.69) is 79.7 Å². The highest BCUT2D eigenvalue weighted by Crippen LogP contribution is 2.27. The summed E-state index contributed by atoms with van der Waals surface area (Å²) in [5.41, 5.74) is 5.66.